The van der Waals surface area contributed by atoms with Gasteiger partial charge in [0.1, 0.15) is 0 Å². The molecule has 0 aliphatic carbocycles. The van der Waals surface area contributed by atoms with Crippen LogP contribution in [0.5, 0.6) is 11.8 Å². The minimum Gasteiger partial charge on any atom is -0.492 e. The maximum absolute atomic E-state index is 11.3. The first-order valence-electron chi connectivity index (χ1n) is 5.16. The molecule has 0 aliphatic rings. The van der Waals surface area contributed by atoms with E-state index in [0.29, 0.717) is 10.3 Å². The van der Waals surface area contributed by atoms with E-state index in [-0.39, 0.29) is 18.9 Å². The monoisotopic (exact) mass is 254 g/mol. The molecule has 7 nitrogen and oxygen atoms in total. The number of amides is 1. The quantitative estimate of drug-likeness (QED) is 0.639. The van der Waals surface area contributed by atoms with Crippen molar-refractivity contribution >= 4 is 11.9 Å². The van der Waals surface area contributed by atoms with E-state index < -0.39 is 17.7 Å². The lowest BCUT2D eigenvalue weighted by atomic mass is 10.3. The fourth-order valence-corrected chi connectivity index (χ4v) is 1.07. The summed E-state index contributed by atoms with van der Waals surface area (Å²) in [6.07, 6.45) is -0.101. The molecule has 18 heavy (non-hydrogen) atoms. The SMILES string of the molecule is C=C(C)C(=O)NCCC(=O)On1c(O)ccc1O. The lowest BCUT2D eigenvalue weighted by Gasteiger charge is -2.07. The maximum atomic E-state index is 11.3. The van der Waals surface area contributed by atoms with E-state index in [1.807, 2.05) is 0 Å². The molecule has 0 saturated carbocycles. The molecule has 0 unspecified atom stereocenters. The number of carbonyl (C=O) groups is 2. The van der Waals surface area contributed by atoms with Gasteiger partial charge in [0.2, 0.25) is 17.7 Å². The summed E-state index contributed by atoms with van der Waals surface area (Å²) < 4.78 is 0.586. The van der Waals surface area contributed by atoms with Gasteiger partial charge in [-0.15, -0.1) is 4.73 Å². The molecule has 1 amide bonds. The number of hydrogen-bond acceptors (Lipinski definition) is 5. The second kappa shape index (κ2) is 5.76. The van der Waals surface area contributed by atoms with Gasteiger partial charge in [0.05, 0.1) is 6.42 Å². The Hall–Kier alpha value is -2.44. The number of carbonyl (C=O) groups excluding carboxylic acids is 2. The van der Waals surface area contributed by atoms with Crippen molar-refractivity contribution < 1.29 is 24.6 Å². The van der Waals surface area contributed by atoms with Gasteiger partial charge in [-0.05, 0) is 6.92 Å². The number of rotatable bonds is 5. The van der Waals surface area contributed by atoms with Crippen LogP contribution in [-0.2, 0) is 9.59 Å². The van der Waals surface area contributed by atoms with E-state index in [4.69, 9.17) is 0 Å². The van der Waals surface area contributed by atoms with Gasteiger partial charge >= 0.3 is 5.97 Å². The van der Waals surface area contributed by atoms with Crippen molar-refractivity contribution in [1.29, 1.82) is 0 Å². The highest BCUT2D eigenvalue weighted by Gasteiger charge is 2.12. The smallest absolute Gasteiger partial charge is 0.334 e. The van der Waals surface area contributed by atoms with Crippen molar-refractivity contribution in [3.63, 3.8) is 0 Å². The molecule has 0 bridgehead atoms. The second-order valence-electron chi connectivity index (χ2n) is 3.59. The van der Waals surface area contributed by atoms with Crippen molar-refractivity contribution in [3.8, 4) is 11.8 Å². The third-order valence-corrected chi connectivity index (χ3v) is 1.99. The van der Waals surface area contributed by atoms with E-state index in [1.54, 1.807) is 6.92 Å². The zero-order valence-corrected chi connectivity index (χ0v) is 9.84. The van der Waals surface area contributed by atoms with Crippen molar-refractivity contribution in [3.05, 3.63) is 24.3 Å². The summed E-state index contributed by atoms with van der Waals surface area (Å²) in [6.45, 7) is 5.06. The molecule has 0 saturated heterocycles. The van der Waals surface area contributed by atoms with Crippen LogP contribution >= 0.6 is 0 Å². The molecule has 0 spiro atoms. The summed E-state index contributed by atoms with van der Waals surface area (Å²) in [4.78, 5) is 27.1. The van der Waals surface area contributed by atoms with Crippen LogP contribution in [0, 0.1) is 0 Å². The van der Waals surface area contributed by atoms with Gasteiger partial charge in [0.15, 0.2) is 0 Å². The van der Waals surface area contributed by atoms with Gasteiger partial charge in [-0.3, -0.25) is 4.79 Å². The molecule has 1 aromatic rings. The van der Waals surface area contributed by atoms with Crippen molar-refractivity contribution in [1.82, 2.24) is 10.0 Å². The van der Waals surface area contributed by atoms with E-state index in [0.717, 1.165) is 0 Å². The summed E-state index contributed by atoms with van der Waals surface area (Å²) in [6, 6.07) is 2.34. The van der Waals surface area contributed by atoms with Crippen LogP contribution in [-0.4, -0.2) is 33.4 Å². The maximum Gasteiger partial charge on any atom is 0.334 e. The predicted molar refractivity (Wildman–Crippen MR) is 61.8 cm³/mol. The standard InChI is InChI=1S/C11H14N2O5/c1-7(2)11(17)12-6-5-10(16)18-13-8(14)3-4-9(13)15/h3-4,14-15H,1,5-6H2,2H3,(H,12,17). The van der Waals surface area contributed by atoms with Gasteiger partial charge in [0, 0.05) is 24.3 Å². The summed E-state index contributed by atoms with van der Waals surface area (Å²) in [5.41, 5.74) is 0.337. The van der Waals surface area contributed by atoms with Gasteiger partial charge in [-0.25, -0.2) is 4.79 Å². The first-order chi connectivity index (χ1) is 8.41. The number of aromatic hydroxyl groups is 2. The third kappa shape index (κ3) is 3.55. The van der Waals surface area contributed by atoms with Crippen LogP contribution in [0.25, 0.3) is 0 Å². The molecule has 1 heterocycles. The second-order valence-corrected chi connectivity index (χ2v) is 3.59. The van der Waals surface area contributed by atoms with Crippen LogP contribution in [0.15, 0.2) is 24.3 Å². The normalized spacial score (nSPS) is 9.83. The molecule has 0 aromatic carbocycles. The molecule has 7 heteroatoms. The largest absolute Gasteiger partial charge is 0.492 e. The Morgan fingerprint density at radius 1 is 1.39 bits per heavy atom. The average Bonchev–Trinajstić information content (AvgIpc) is 2.60. The Balaban J connectivity index is 2.39. The number of nitrogens with zero attached hydrogens (tertiary/aromatic N) is 1. The molecule has 3 N–H and O–H groups in total. The number of hydrogen-bond donors (Lipinski definition) is 3. The predicted octanol–water partition coefficient (Wildman–Crippen LogP) is -0.0631. The fourth-order valence-electron chi connectivity index (χ4n) is 1.07. The number of aromatic nitrogens is 1. The summed E-state index contributed by atoms with van der Waals surface area (Å²) >= 11 is 0. The minimum atomic E-state index is -0.709. The Morgan fingerprint density at radius 2 is 1.94 bits per heavy atom. The minimum absolute atomic E-state index is 0.0767. The summed E-state index contributed by atoms with van der Waals surface area (Å²) in [5, 5.41) is 20.9. The Morgan fingerprint density at radius 3 is 2.44 bits per heavy atom. The van der Waals surface area contributed by atoms with E-state index in [1.165, 1.54) is 12.1 Å². The van der Waals surface area contributed by atoms with Crippen LogP contribution in [0.4, 0.5) is 0 Å². The molecule has 98 valence electrons. The first kappa shape index (κ1) is 13.6. The Labute approximate surface area is 103 Å². The zero-order chi connectivity index (χ0) is 13.7. The number of nitrogens with one attached hydrogen (secondary N) is 1. The Bertz CT molecular complexity index is 458. The van der Waals surface area contributed by atoms with E-state index in [2.05, 4.69) is 16.7 Å². The summed E-state index contributed by atoms with van der Waals surface area (Å²) in [7, 11) is 0. The Kier molecular flexibility index (Phi) is 4.36. The molecular weight excluding hydrogens is 240 g/mol. The van der Waals surface area contributed by atoms with Gasteiger partial charge in [0.25, 0.3) is 0 Å². The molecule has 0 fully saturated rings. The van der Waals surface area contributed by atoms with Crippen LogP contribution in [0.3, 0.4) is 0 Å². The van der Waals surface area contributed by atoms with Crippen molar-refractivity contribution in [2.45, 2.75) is 13.3 Å². The van der Waals surface area contributed by atoms with Crippen molar-refractivity contribution in [2.24, 2.45) is 0 Å². The van der Waals surface area contributed by atoms with Gasteiger partial charge < -0.3 is 20.4 Å². The fraction of sp³-hybridized carbons (Fsp3) is 0.273. The highest BCUT2D eigenvalue weighted by Crippen LogP contribution is 2.18. The lowest BCUT2D eigenvalue weighted by molar-refractivity contribution is -0.145. The van der Waals surface area contributed by atoms with Gasteiger partial charge in [-0.2, -0.15) is 0 Å². The van der Waals surface area contributed by atoms with E-state index in [9.17, 15) is 19.8 Å². The first-order valence-corrected chi connectivity index (χ1v) is 5.16. The molecule has 0 atom stereocenters. The molecule has 0 radical (unpaired) electrons. The topological polar surface area (TPSA) is 101 Å². The van der Waals surface area contributed by atoms with Crippen LogP contribution < -0.4 is 10.2 Å². The third-order valence-electron chi connectivity index (χ3n) is 1.99. The highest BCUT2D eigenvalue weighted by atomic mass is 16.7. The van der Waals surface area contributed by atoms with Crippen LogP contribution in [0.2, 0.25) is 0 Å². The summed E-state index contributed by atoms with van der Waals surface area (Å²) in [5.74, 6) is -1.85. The molecule has 1 aromatic heterocycles. The highest BCUT2D eigenvalue weighted by molar-refractivity contribution is 5.92. The molecule has 0 aliphatic heterocycles. The van der Waals surface area contributed by atoms with Crippen LogP contribution in [0.1, 0.15) is 13.3 Å². The lowest BCUT2D eigenvalue weighted by Crippen LogP contribution is -2.29. The van der Waals surface area contributed by atoms with E-state index >= 15 is 0 Å². The van der Waals surface area contributed by atoms with Gasteiger partial charge in [-0.1, -0.05) is 6.58 Å². The molecular formula is C11H14N2O5. The van der Waals surface area contributed by atoms with Crippen molar-refractivity contribution in [2.75, 3.05) is 6.54 Å². The zero-order valence-electron chi connectivity index (χ0n) is 9.84. The average molecular weight is 254 g/mol. The molecule has 1 rings (SSSR count).